The molecule has 3 atom stereocenters. The standard InChI is InChI=1S/C53H56FN13O6/c1-55-41-27-46(61-67-45(29-57-49(41)67)51(70)59-40-26-37(40)54)58-39-6-4-5-36(48(39)73-3)38-13-9-34(28-56-38)52(71)65-23-21-63(22-24-65)30-31-17-19-64(20-18-31)35-11-7-32(8-12-35)33-10-14-42-44(25-33)62(2)53(72)66(42)43-15-16-47(68)60-50(43)69/h4-14,25,27-29,31,37,40,43,55H,15-24,26,30H2,1-3H3,(H,58,61)(H,59,70)(H,60,68,69)/t37-,40+,43?/m0/s1. The average Bonchev–Trinajstić information content (AvgIpc) is 3.82. The van der Waals surface area contributed by atoms with Crippen LogP contribution in [0.5, 0.6) is 5.75 Å². The van der Waals surface area contributed by atoms with Crippen LogP contribution in [0, 0.1) is 5.92 Å². The predicted molar refractivity (Wildman–Crippen MR) is 274 cm³/mol. The summed E-state index contributed by atoms with van der Waals surface area (Å²) in [4.78, 5) is 80.3. The Morgan fingerprint density at radius 1 is 0.849 bits per heavy atom. The number of hydrogen-bond donors (Lipinski definition) is 4. The lowest BCUT2D eigenvalue weighted by Gasteiger charge is -2.39. The van der Waals surface area contributed by atoms with Crippen molar-refractivity contribution < 1.29 is 28.3 Å². The largest absolute Gasteiger partial charge is 0.494 e. The van der Waals surface area contributed by atoms with Crippen molar-refractivity contribution in [2.24, 2.45) is 13.0 Å². The topological polar surface area (TPSA) is 205 Å². The summed E-state index contributed by atoms with van der Waals surface area (Å²) >= 11 is 0. The number of aryl methyl sites for hydroxylation is 1. The van der Waals surface area contributed by atoms with Gasteiger partial charge in [-0.1, -0.05) is 24.3 Å². The van der Waals surface area contributed by atoms with E-state index < -0.39 is 30.1 Å². The Morgan fingerprint density at radius 2 is 1.62 bits per heavy atom. The van der Waals surface area contributed by atoms with Gasteiger partial charge in [0.1, 0.15) is 12.2 Å². The van der Waals surface area contributed by atoms with Gasteiger partial charge in [-0.3, -0.25) is 43.5 Å². The maximum atomic E-state index is 13.7. The number of amides is 4. The zero-order chi connectivity index (χ0) is 50.5. The molecule has 11 rings (SSSR count). The van der Waals surface area contributed by atoms with Crippen LogP contribution >= 0.6 is 0 Å². The van der Waals surface area contributed by atoms with Crippen LogP contribution in [-0.4, -0.2) is 134 Å². The van der Waals surface area contributed by atoms with Crippen molar-refractivity contribution in [3.8, 4) is 28.1 Å². The van der Waals surface area contributed by atoms with Crippen LogP contribution in [-0.2, 0) is 16.6 Å². The number of hydrogen-bond acceptors (Lipinski definition) is 13. The number of imidazole rings is 2. The number of piperazine rings is 1. The Labute approximate surface area is 419 Å². The molecule has 3 saturated heterocycles. The molecule has 1 aliphatic carbocycles. The van der Waals surface area contributed by atoms with Crippen molar-refractivity contribution >= 4 is 63.2 Å². The molecule has 4 aromatic heterocycles. The van der Waals surface area contributed by atoms with E-state index in [0.717, 1.165) is 62.2 Å². The number of alkyl halides is 1. The molecular weight excluding hydrogens is 934 g/mol. The second-order valence-electron chi connectivity index (χ2n) is 19.3. The summed E-state index contributed by atoms with van der Waals surface area (Å²) in [6.07, 6.45) is 4.94. The fraction of sp³-hybridized carbons (Fsp3) is 0.358. The first-order valence-electron chi connectivity index (χ1n) is 24.8. The molecule has 4 amide bonds. The summed E-state index contributed by atoms with van der Waals surface area (Å²) < 4.78 is 24.0. The number of aromatic nitrogens is 6. The number of carbonyl (C=O) groups excluding carboxylic acids is 4. The molecule has 0 bridgehead atoms. The maximum Gasteiger partial charge on any atom is 0.329 e. The number of anilines is 4. The molecule has 3 aromatic carbocycles. The highest BCUT2D eigenvalue weighted by Gasteiger charge is 2.39. The highest BCUT2D eigenvalue weighted by Crippen LogP contribution is 2.38. The Hall–Kier alpha value is -8.13. The number of imide groups is 1. The molecule has 1 saturated carbocycles. The van der Waals surface area contributed by atoms with E-state index in [0.29, 0.717) is 82.8 Å². The van der Waals surface area contributed by atoms with Crippen LogP contribution in [0.25, 0.3) is 39.1 Å². The Balaban J connectivity index is 0.670. The van der Waals surface area contributed by atoms with Gasteiger partial charge in [0.25, 0.3) is 11.8 Å². The summed E-state index contributed by atoms with van der Waals surface area (Å²) in [5.41, 5.74) is 7.96. The third-order valence-corrected chi connectivity index (χ3v) is 14.7. The van der Waals surface area contributed by atoms with E-state index in [4.69, 9.17) is 9.72 Å². The minimum Gasteiger partial charge on any atom is -0.494 e. The van der Waals surface area contributed by atoms with E-state index in [2.05, 4.69) is 65.4 Å². The van der Waals surface area contributed by atoms with Crippen LogP contribution < -0.4 is 36.6 Å². The van der Waals surface area contributed by atoms with Gasteiger partial charge in [0.05, 0.1) is 53.0 Å². The summed E-state index contributed by atoms with van der Waals surface area (Å²) in [6, 6.07) is 24.2. The smallest absolute Gasteiger partial charge is 0.329 e. The lowest BCUT2D eigenvalue weighted by Crippen LogP contribution is -2.50. The number of ether oxygens (including phenoxy) is 1. The van der Waals surface area contributed by atoms with E-state index in [1.165, 1.54) is 21.0 Å². The number of piperidine rings is 2. The van der Waals surface area contributed by atoms with Crippen LogP contribution in [0.4, 0.5) is 27.3 Å². The number of nitrogens with one attached hydrogen (secondary N) is 4. The molecule has 7 aromatic rings. The first kappa shape index (κ1) is 47.2. The van der Waals surface area contributed by atoms with Gasteiger partial charge in [-0.25, -0.2) is 18.7 Å². The minimum atomic E-state index is -1.04. The number of rotatable bonds is 13. The molecule has 3 aliphatic heterocycles. The van der Waals surface area contributed by atoms with Gasteiger partial charge >= 0.3 is 5.69 Å². The summed E-state index contributed by atoms with van der Waals surface area (Å²) in [7, 11) is 5.02. The first-order valence-corrected chi connectivity index (χ1v) is 24.8. The molecule has 4 N–H and O–H groups in total. The highest BCUT2D eigenvalue weighted by molar-refractivity contribution is 6.00. The van der Waals surface area contributed by atoms with E-state index in [-0.39, 0.29) is 29.6 Å². The van der Waals surface area contributed by atoms with Crippen molar-refractivity contribution in [3.63, 3.8) is 0 Å². The van der Waals surface area contributed by atoms with Gasteiger partial charge in [-0.15, -0.1) is 5.10 Å². The fourth-order valence-electron chi connectivity index (χ4n) is 10.5. The number of pyridine rings is 1. The number of benzene rings is 3. The molecule has 19 nitrogen and oxygen atoms in total. The maximum absolute atomic E-state index is 13.7. The molecular formula is C53H56FN13O6. The van der Waals surface area contributed by atoms with Crippen molar-refractivity contribution in [2.75, 3.05) is 75.5 Å². The second kappa shape index (κ2) is 19.5. The Morgan fingerprint density at radius 3 is 2.32 bits per heavy atom. The van der Waals surface area contributed by atoms with Gasteiger partial charge in [-0.05, 0) is 84.8 Å². The minimum absolute atomic E-state index is 0.0496. The zero-order valence-electron chi connectivity index (χ0n) is 40.8. The van der Waals surface area contributed by atoms with Gasteiger partial charge in [0.15, 0.2) is 22.9 Å². The number of fused-ring (bicyclic) bond motifs is 2. The first-order chi connectivity index (χ1) is 35.4. The van der Waals surface area contributed by atoms with Crippen molar-refractivity contribution in [1.82, 2.24) is 49.1 Å². The second-order valence-corrected chi connectivity index (χ2v) is 19.3. The molecule has 7 heterocycles. The highest BCUT2D eigenvalue weighted by atomic mass is 19.1. The van der Waals surface area contributed by atoms with Crippen molar-refractivity contribution in [3.05, 3.63) is 113 Å². The van der Waals surface area contributed by atoms with E-state index >= 15 is 0 Å². The molecule has 0 spiro atoms. The third-order valence-electron chi connectivity index (χ3n) is 14.7. The predicted octanol–water partition coefficient (Wildman–Crippen LogP) is 5.40. The molecule has 20 heteroatoms. The third kappa shape index (κ3) is 9.22. The lowest BCUT2D eigenvalue weighted by molar-refractivity contribution is -0.135. The molecule has 1 unspecified atom stereocenters. The normalized spacial score (nSPS) is 19.5. The van der Waals surface area contributed by atoms with Crippen LogP contribution in [0.1, 0.15) is 59.0 Å². The fourth-order valence-corrected chi connectivity index (χ4v) is 10.5. The summed E-state index contributed by atoms with van der Waals surface area (Å²) in [5.74, 6) is 0.211. The molecule has 4 fully saturated rings. The van der Waals surface area contributed by atoms with Gasteiger partial charge in [0, 0.05) is 96.3 Å². The van der Waals surface area contributed by atoms with Crippen LogP contribution in [0.2, 0.25) is 0 Å². The van der Waals surface area contributed by atoms with E-state index in [9.17, 15) is 28.4 Å². The number of para-hydroxylation sites is 1. The molecule has 73 heavy (non-hydrogen) atoms. The Bertz CT molecular complexity index is 3340. The zero-order valence-corrected chi connectivity index (χ0v) is 40.8. The lowest BCUT2D eigenvalue weighted by atomic mass is 9.95. The van der Waals surface area contributed by atoms with Crippen molar-refractivity contribution in [1.29, 1.82) is 0 Å². The van der Waals surface area contributed by atoms with Crippen molar-refractivity contribution in [2.45, 2.75) is 50.4 Å². The number of methoxy groups -OCH3 is 1. The van der Waals surface area contributed by atoms with E-state index in [1.54, 1.807) is 44.1 Å². The van der Waals surface area contributed by atoms with Gasteiger partial charge in [-0.2, -0.15) is 0 Å². The summed E-state index contributed by atoms with van der Waals surface area (Å²) in [6.45, 7) is 5.83. The molecule has 0 radical (unpaired) electrons. The number of carbonyl (C=O) groups is 4. The van der Waals surface area contributed by atoms with Crippen LogP contribution in [0.3, 0.4) is 0 Å². The average molecular weight is 990 g/mol. The summed E-state index contributed by atoms with van der Waals surface area (Å²) in [5, 5.41) is 16.1. The van der Waals surface area contributed by atoms with Gasteiger partial charge in [0.2, 0.25) is 11.8 Å². The monoisotopic (exact) mass is 989 g/mol. The van der Waals surface area contributed by atoms with Crippen LogP contribution in [0.15, 0.2) is 96.1 Å². The number of halogens is 1. The molecule has 4 aliphatic rings. The Kier molecular flexibility index (Phi) is 12.6. The van der Waals surface area contributed by atoms with E-state index in [1.807, 2.05) is 47.4 Å². The molecule has 376 valence electrons. The quantitative estimate of drug-likeness (QED) is 0.107. The van der Waals surface area contributed by atoms with Gasteiger partial charge < -0.3 is 30.5 Å². The SMILES string of the molecule is CNc1cc(Nc2cccc(-c3ccc(C(=O)N4CCN(CC5CCN(c6ccc(-c7ccc8c(c7)n(C)c(=O)n8C7CCC(=O)NC7=O)cc6)CC5)CC4)cn3)c2OC)nn2c(C(=O)N[C@@H]3C[C@@H]3F)cnc12. The number of nitrogens with zero attached hydrogens (tertiary/aromatic N) is 9.